The van der Waals surface area contributed by atoms with Crippen molar-refractivity contribution in [3.8, 4) is 11.4 Å². The van der Waals surface area contributed by atoms with Crippen LogP contribution in [0, 0.1) is 5.82 Å². The van der Waals surface area contributed by atoms with Gasteiger partial charge in [0, 0.05) is 17.5 Å². The number of amides is 1. The molecular weight excluding hydrogens is 371 g/mol. The molecule has 0 aliphatic carbocycles. The van der Waals surface area contributed by atoms with Gasteiger partial charge in [-0.1, -0.05) is 24.8 Å². The molecule has 0 fully saturated rings. The fourth-order valence-electron chi connectivity index (χ4n) is 2.48. The van der Waals surface area contributed by atoms with Gasteiger partial charge in [0.25, 0.3) is 0 Å². The Kier molecular flexibility index (Phi) is 6.05. The molecule has 0 bridgehead atoms. The van der Waals surface area contributed by atoms with Gasteiger partial charge < -0.3 is 9.88 Å². The van der Waals surface area contributed by atoms with E-state index in [1.165, 1.54) is 17.8 Å². The Labute approximate surface area is 159 Å². The lowest BCUT2D eigenvalue weighted by molar-refractivity contribution is -0.113. The van der Waals surface area contributed by atoms with Crippen molar-refractivity contribution < 1.29 is 9.18 Å². The number of rotatable bonds is 7. The van der Waals surface area contributed by atoms with Crippen LogP contribution in [0.2, 0.25) is 0 Å². The zero-order valence-corrected chi connectivity index (χ0v) is 16.2. The molecule has 0 unspecified atom stereocenters. The first-order valence-corrected chi connectivity index (χ1v) is 10.2. The molecule has 3 rings (SSSR count). The van der Waals surface area contributed by atoms with Crippen molar-refractivity contribution in [2.45, 2.75) is 32.0 Å². The second-order valence-electron chi connectivity index (χ2n) is 5.57. The molecule has 5 nitrogen and oxygen atoms in total. The van der Waals surface area contributed by atoms with Gasteiger partial charge in [-0.25, -0.2) is 4.39 Å². The number of carbonyl (C=O) groups is 1. The average Bonchev–Trinajstić information content (AvgIpc) is 3.30. The van der Waals surface area contributed by atoms with Crippen molar-refractivity contribution in [3.63, 3.8) is 0 Å². The van der Waals surface area contributed by atoms with Crippen LogP contribution in [0.15, 0.2) is 40.2 Å². The van der Waals surface area contributed by atoms with E-state index in [1.54, 1.807) is 17.4 Å². The van der Waals surface area contributed by atoms with Gasteiger partial charge in [0.05, 0.1) is 11.4 Å². The first-order valence-electron chi connectivity index (χ1n) is 8.29. The van der Waals surface area contributed by atoms with Gasteiger partial charge in [-0.05, 0) is 42.5 Å². The highest BCUT2D eigenvalue weighted by molar-refractivity contribution is 7.99. The molecular formula is C18H19FN4OS2. The summed E-state index contributed by atoms with van der Waals surface area (Å²) in [5, 5.41) is 15.7. The number of halogens is 1. The highest BCUT2D eigenvalue weighted by atomic mass is 32.2. The third-order valence-electron chi connectivity index (χ3n) is 3.86. The molecule has 2 heterocycles. The summed E-state index contributed by atoms with van der Waals surface area (Å²) < 4.78 is 16.0. The number of carbonyl (C=O) groups excluding carboxylic acids is 1. The summed E-state index contributed by atoms with van der Waals surface area (Å²) in [5.41, 5.74) is 2.11. The predicted molar refractivity (Wildman–Crippen MR) is 104 cm³/mol. The molecule has 0 atom stereocenters. The number of aryl methyl sites for hydroxylation is 1. The number of nitrogens with zero attached hydrogens (tertiary/aromatic N) is 3. The van der Waals surface area contributed by atoms with Gasteiger partial charge in [-0.3, -0.25) is 4.79 Å². The van der Waals surface area contributed by atoms with Crippen LogP contribution in [-0.4, -0.2) is 26.4 Å². The zero-order valence-electron chi connectivity index (χ0n) is 14.5. The first-order chi connectivity index (χ1) is 12.6. The first kappa shape index (κ1) is 18.6. The summed E-state index contributed by atoms with van der Waals surface area (Å²) >= 11 is 2.89. The Balaban J connectivity index is 1.65. The Morgan fingerprint density at radius 3 is 2.81 bits per heavy atom. The zero-order chi connectivity index (χ0) is 18.5. The molecule has 0 spiro atoms. The lowest BCUT2D eigenvalue weighted by atomic mass is 10.1. The lowest BCUT2D eigenvalue weighted by Crippen LogP contribution is -2.15. The van der Waals surface area contributed by atoms with E-state index in [9.17, 15) is 9.18 Å². The number of thioether (sulfide) groups is 1. The lowest BCUT2D eigenvalue weighted by Gasteiger charge is -2.08. The molecule has 0 aliphatic heterocycles. The van der Waals surface area contributed by atoms with E-state index in [1.807, 2.05) is 41.3 Å². The molecule has 0 saturated carbocycles. The van der Waals surface area contributed by atoms with E-state index in [4.69, 9.17) is 0 Å². The molecule has 26 heavy (non-hydrogen) atoms. The fraction of sp³-hybridized carbons (Fsp3) is 0.278. The van der Waals surface area contributed by atoms with Crippen LogP contribution in [0.25, 0.3) is 11.4 Å². The van der Waals surface area contributed by atoms with Crippen molar-refractivity contribution >= 4 is 34.7 Å². The number of thiophene rings is 1. The van der Waals surface area contributed by atoms with Gasteiger partial charge in [0.2, 0.25) is 5.91 Å². The van der Waals surface area contributed by atoms with E-state index in [-0.39, 0.29) is 17.3 Å². The molecule has 1 amide bonds. The smallest absolute Gasteiger partial charge is 0.234 e. The van der Waals surface area contributed by atoms with Crippen molar-refractivity contribution in [1.29, 1.82) is 0 Å². The van der Waals surface area contributed by atoms with Gasteiger partial charge in [-0.15, -0.1) is 10.2 Å². The molecule has 0 radical (unpaired) electrons. The van der Waals surface area contributed by atoms with Crippen molar-refractivity contribution in [3.05, 3.63) is 46.4 Å². The molecule has 2 aromatic heterocycles. The maximum Gasteiger partial charge on any atom is 0.234 e. The molecule has 8 heteroatoms. The topological polar surface area (TPSA) is 59.8 Å². The Hall–Kier alpha value is -2.19. The van der Waals surface area contributed by atoms with E-state index in [2.05, 4.69) is 15.5 Å². The molecule has 1 aromatic carbocycles. The SMILES string of the molecule is CCc1ccc(NC(=O)CSc2nnc(-c3ccsc3)n2CC)c(F)c1. The summed E-state index contributed by atoms with van der Waals surface area (Å²) in [5.74, 6) is 0.231. The minimum absolute atomic E-state index is 0.136. The van der Waals surface area contributed by atoms with Gasteiger partial charge >= 0.3 is 0 Å². The summed E-state index contributed by atoms with van der Waals surface area (Å²) in [7, 11) is 0. The minimum Gasteiger partial charge on any atom is -0.323 e. The number of hydrogen-bond donors (Lipinski definition) is 1. The average molecular weight is 391 g/mol. The number of hydrogen-bond acceptors (Lipinski definition) is 5. The predicted octanol–water partition coefficient (Wildman–Crippen LogP) is 4.46. The quantitative estimate of drug-likeness (QED) is 0.605. The number of anilines is 1. The van der Waals surface area contributed by atoms with E-state index >= 15 is 0 Å². The van der Waals surface area contributed by atoms with E-state index < -0.39 is 5.82 Å². The van der Waals surface area contributed by atoms with Crippen LogP contribution in [0.4, 0.5) is 10.1 Å². The molecule has 136 valence electrons. The summed E-state index contributed by atoms with van der Waals surface area (Å²) in [6.45, 7) is 4.67. The van der Waals surface area contributed by atoms with Crippen molar-refractivity contribution in [2.75, 3.05) is 11.1 Å². The largest absolute Gasteiger partial charge is 0.323 e. The summed E-state index contributed by atoms with van der Waals surface area (Å²) in [6, 6.07) is 6.85. The van der Waals surface area contributed by atoms with Gasteiger partial charge in [0.15, 0.2) is 11.0 Å². The van der Waals surface area contributed by atoms with Gasteiger partial charge in [-0.2, -0.15) is 11.3 Å². The normalized spacial score (nSPS) is 10.9. The van der Waals surface area contributed by atoms with Crippen LogP contribution in [0.1, 0.15) is 19.4 Å². The minimum atomic E-state index is -0.417. The second-order valence-corrected chi connectivity index (χ2v) is 7.29. The Morgan fingerprint density at radius 2 is 2.15 bits per heavy atom. The third kappa shape index (κ3) is 4.13. The van der Waals surface area contributed by atoms with Crippen molar-refractivity contribution in [1.82, 2.24) is 14.8 Å². The van der Waals surface area contributed by atoms with Crippen LogP contribution in [0.3, 0.4) is 0 Å². The third-order valence-corrected chi connectivity index (χ3v) is 5.51. The molecule has 3 aromatic rings. The fourth-order valence-corrected chi connectivity index (χ4v) is 3.92. The molecule has 0 saturated heterocycles. The second kappa shape index (κ2) is 8.46. The Bertz CT molecular complexity index is 893. The maximum absolute atomic E-state index is 14.0. The van der Waals surface area contributed by atoms with Crippen LogP contribution in [0.5, 0.6) is 0 Å². The van der Waals surface area contributed by atoms with E-state index in [0.717, 1.165) is 23.4 Å². The number of aromatic nitrogens is 3. The van der Waals surface area contributed by atoms with Crippen LogP contribution < -0.4 is 5.32 Å². The maximum atomic E-state index is 14.0. The molecule has 0 aliphatic rings. The standard InChI is InChI=1S/C18H19FN4OS2/c1-3-12-5-6-15(14(19)9-12)20-16(24)11-26-18-22-21-17(23(18)4-2)13-7-8-25-10-13/h5-10H,3-4,11H2,1-2H3,(H,20,24). The van der Waals surface area contributed by atoms with Crippen LogP contribution >= 0.6 is 23.1 Å². The highest BCUT2D eigenvalue weighted by Gasteiger charge is 2.15. The molecule has 1 N–H and O–H groups in total. The number of nitrogens with one attached hydrogen (secondary N) is 1. The van der Waals surface area contributed by atoms with Crippen molar-refractivity contribution in [2.24, 2.45) is 0 Å². The van der Waals surface area contributed by atoms with Gasteiger partial charge in [0.1, 0.15) is 5.82 Å². The summed E-state index contributed by atoms with van der Waals surface area (Å²) in [4.78, 5) is 12.2. The number of benzene rings is 1. The van der Waals surface area contributed by atoms with Crippen LogP contribution in [-0.2, 0) is 17.8 Å². The van der Waals surface area contributed by atoms with E-state index in [0.29, 0.717) is 11.7 Å². The summed E-state index contributed by atoms with van der Waals surface area (Å²) in [6.07, 6.45) is 0.750. The Morgan fingerprint density at radius 1 is 1.31 bits per heavy atom. The monoisotopic (exact) mass is 390 g/mol. The highest BCUT2D eigenvalue weighted by Crippen LogP contribution is 2.25.